The molecule has 0 spiro atoms. The molecule has 20 heavy (non-hydrogen) atoms. The van der Waals surface area contributed by atoms with E-state index in [2.05, 4.69) is 15.9 Å². The molecule has 2 aromatic rings. The van der Waals surface area contributed by atoms with Crippen molar-refractivity contribution in [1.82, 2.24) is 0 Å². The van der Waals surface area contributed by atoms with E-state index < -0.39 is 0 Å². The van der Waals surface area contributed by atoms with Gasteiger partial charge in [-0.2, -0.15) is 0 Å². The maximum Gasteiger partial charge on any atom is 0.309 e. The van der Waals surface area contributed by atoms with Crippen LogP contribution in [-0.4, -0.2) is 18.9 Å². The highest BCUT2D eigenvalue weighted by molar-refractivity contribution is 9.10. The number of ketones is 1. The Bertz CT molecular complexity index is 708. The number of Topliss-reactive ketones (excluding diaryl/α,β-unsaturated/α-hetero) is 1. The fourth-order valence-electron chi connectivity index (χ4n) is 2.57. The fraction of sp³-hybridized carbons (Fsp3) is 0.250. The van der Waals surface area contributed by atoms with Crippen LogP contribution in [-0.2, 0) is 9.53 Å². The normalized spacial score (nSPS) is 20.7. The molecule has 0 N–H and O–H groups in total. The van der Waals surface area contributed by atoms with Gasteiger partial charge in [0, 0.05) is 16.0 Å². The van der Waals surface area contributed by atoms with Crippen molar-refractivity contribution in [3.8, 4) is 0 Å². The number of hydrogen-bond donors (Lipinski definition) is 0. The van der Waals surface area contributed by atoms with Crippen LogP contribution in [0.3, 0.4) is 0 Å². The first-order valence-electron chi connectivity index (χ1n) is 6.42. The van der Waals surface area contributed by atoms with Crippen molar-refractivity contribution in [2.45, 2.75) is 6.42 Å². The number of fused-ring (bicyclic) bond motifs is 1. The molecule has 1 fully saturated rings. The summed E-state index contributed by atoms with van der Waals surface area (Å²) in [6.45, 7) is 0. The summed E-state index contributed by atoms with van der Waals surface area (Å²) in [5.74, 6) is -0.754. The van der Waals surface area contributed by atoms with Gasteiger partial charge in [-0.1, -0.05) is 40.2 Å². The second-order valence-electron chi connectivity index (χ2n) is 4.98. The van der Waals surface area contributed by atoms with E-state index in [1.165, 1.54) is 7.11 Å². The molecule has 0 heterocycles. The van der Waals surface area contributed by atoms with E-state index in [0.29, 0.717) is 12.0 Å². The first-order valence-corrected chi connectivity index (χ1v) is 7.22. The van der Waals surface area contributed by atoms with Crippen LogP contribution in [0.5, 0.6) is 0 Å². The molecule has 0 aromatic heterocycles. The van der Waals surface area contributed by atoms with Crippen molar-refractivity contribution in [1.29, 1.82) is 0 Å². The second-order valence-corrected chi connectivity index (χ2v) is 5.83. The molecule has 2 aromatic carbocycles. The average Bonchev–Trinajstić information content (AvgIpc) is 3.27. The molecule has 0 amide bonds. The molecular weight excluding hydrogens is 320 g/mol. The molecule has 4 heteroatoms. The summed E-state index contributed by atoms with van der Waals surface area (Å²) in [7, 11) is 1.36. The standard InChI is InChI=1S/C16H13BrO3/c1-20-16(19)13-8-12(13)15(18)11-6-7-14(17)10-5-3-2-4-9(10)11/h2-7,12-13H,8H2,1H3/t12-,13-/m1/s1. The molecule has 0 aliphatic heterocycles. The quantitative estimate of drug-likeness (QED) is 0.637. The molecule has 0 saturated heterocycles. The van der Waals surface area contributed by atoms with Crippen molar-refractivity contribution in [2.24, 2.45) is 11.8 Å². The van der Waals surface area contributed by atoms with Crippen molar-refractivity contribution in [2.75, 3.05) is 7.11 Å². The molecule has 3 nitrogen and oxygen atoms in total. The zero-order valence-corrected chi connectivity index (χ0v) is 12.5. The van der Waals surface area contributed by atoms with E-state index >= 15 is 0 Å². The summed E-state index contributed by atoms with van der Waals surface area (Å²) in [5, 5.41) is 1.93. The van der Waals surface area contributed by atoms with Gasteiger partial charge in [-0.3, -0.25) is 9.59 Å². The number of methoxy groups -OCH3 is 1. The minimum absolute atomic E-state index is 0.0316. The summed E-state index contributed by atoms with van der Waals surface area (Å²) in [6.07, 6.45) is 0.593. The summed E-state index contributed by atoms with van der Waals surface area (Å²) < 4.78 is 5.66. The lowest BCUT2D eigenvalue weighted by atomic mass is 9.98. The molecule has 0 bridgehead atoms. The fourth-order valence-corrected chi connectivity index (χ4v) is 3.05. The zero-order valence-electron chi connectivity index (χ0n) is 10.9. The second kappa shape index (κ2) is 5.02. The monoisotopic (exact) mass is 332 g/mol. The zero-order chi connectivity index (χ0) is 14.3. The summed E-state index contributed by atoms with van der Waals surface area (Å²) >= 11 is 3.49. The number of esters is 1. The van der Waals surface area contributed by atoms with E-state index in [0.717, 1.165) is 15.2 Å². The Morgan fingerprint density at radius 2 is 1.80 bits per heavy atom. The average molecular weight is 333 g/mol. The van der Waals surface area contributed by atoms with Crippen LogP contribution in [0.25, 0.3) is 10.8 Å². The van der Waals surface area contributed by atoms with Gasteiger partial charge in [-0.25, -0.2) is 0 Å². The summed E-state index contributed by atoms with van der Waals surface area (Å²) in [5.41, 5.74) is 0.681. The van der Waals surface area contributed by atoms with Gasteiger partial charge in [0.2, 0.25) is 0 Å². The molecule has 0 unspecified atom stereocenters. The van der Waals surface area contributed by atoms with E-state index in [4.69, 9.17) is 4.74 Å². The predicted octanol–water partition coefficient (Wildman–Crippen LogP) is 3.59. The topological polar surface area (TPSA) is 43.4 Å². The summed E-state index contributed by atoms with van der Waals surface area (Å²) in [4.78, 5) is 24.0. The lowest BCUT2D eigenvalue weighted by molar-refractivity contribution is -0.142. The number of ether oxygens (including phenoxy) is 1. The molecule has 2 atom stereocenters. The smallest absolute Gasteiger partial charge is 0.309 e. The third-order valence-electron chi connectivity index (χ3n) is 3.77. The third kappa shape index (κ3) is 2.14. The maximum absolute atomic E-state index is 12.5. The van der Waals surface area contributed by atoms with Crippen molar-refractivity contribution < 1.29 is 14.3 Å². The summed E-state index contributed by atoms with van der Waals surface area (Å²) in [6, 6.07) is 11.5. The third-order valence-corrected chi connectivity index (χ3v) is 4.46. The Hall–Kier alpha value is -1.68. The number of hydrogen-bond acceptors (Lipinski definition) is 3. The number of carbonyl (C=O) groups is 2. The van der Waals surface area contributed by atoms with Crippen LogP contribution >= 0.6 is 15.9 Å². The lowest BCUT2D eigenvalue weighted by Crippen LogP contribution is -2.10. The first-order chi connectivity index (χ1) is 9.63. The number of halogens is 1. The van der Waals surface area contributed by atoms with Gasteiger partial charge in [0.25, 0.3) is 0 Å². The van der Waals surface area contributed by atoms with Crippen molar-refractivity contribution in [3.05, 3.63) is 46.4 Å². The SMILES string of the molecule is COC(=O)[C@@H]1C[C@H]1C(=O)c1ccc(Br)c2ccccc12. The van der Waals surface area contributed by atoms with Crippen LogP contribution in [0, 0.1) is 11.8 Å². The van der Waals surface area contributed by atoms with Gasteiger partial charge in [-0.05, 0) is 29.3 Å². The van der Waals surface area contributed by atoms with Gasteiger partial charge in [0.15, 0.2) is 5.78 Å². The maximum atomic E-state index is 12.5. The molecule has 3 rings (SSSR count). The first kappa shape index (κ1) is 13.3. The minimum atomic E-state index is -0.287. The van der Waals surface area contributed by atoms with Crippen molar-refractivity contribution >= 4 is 38.5 Å². The predicted molar refractivity (Wildman–Crippen MR) is 79.6 cm³/mol. The van der Waals surface area contributed by atoms with Gasteiger partial charge in [0.1, 0.15) is 0 Å². The van der Waals surface area contributed by atoms with Crippen molar-refractivity contribution in [3.63, 3.8) is 0 Å². The van der Waals surface area contributed by atoms with Crippen LogP contribution < -0.4 is 0 Å². The van der Waals surface area contributed by atoms with E-state index in [9.17, 15) is 9.59 Å². The molecule has 102 valence electrons. The van der Waals surface area contributed by atoms with Gasteiger partial charge < -0.3 is 4.74 Å². The highest BCUT2D eigenvalue weighted by Crippen LogP contribution is 2.43. The Morgan fingerprint density at radius 1 is 1.10 bits per heavy atom. The van der Waals surface area contributed by atoms with Crippen LogP contribution in [0.1, 0.15) is 16.8 Å². The van der Waals surface area contributed by atoms with E-state index in [1.54, 1.807) is 0 Å². The Balaban J connectivity index is 1.98. The lowest BCUT2D eigenvalue weighted by Gasteiger charge is -2.07. The van der Waals surface area contributed by atoms with Gasteiger partial charge in [-0.15, -0.1) is 0 Å². The molecule has 0 radical (unpaired) electrons. The van der Waals surface area contributed by atoms with E-state index in [-0.39, 0.29) is 23.6 Å². The van der Waals surface area contributed by atoms with Gasteiger partial charge >= 0.3 is 5.97 Å². The Labute approximate surface area is 125 Å². The van der Waals surface area contributed by atoms with Crippen LogP contribution in [0.15, 0.2) is 40.9 Å². The number of benzene rings is 2. The minimum Gasteiger partial charge on any atom is -0.469 e. The largest absolute Gasteiger partial charge is 0.469 e. The molecule has 1 aliphatic carbocycles. The Kier molecular flexibility index (Phi) is 3.34. The highest BCUT2D eigenvalue weighted by Gasteiger charge is 2.49. The molecular formula is C16H13BrO3. The highest BCUT2D eigenvalue weighted by atomic mass is 79.9. The van der Waals surface area contributed by atoms with Crippen LogP contribution in [0.2, 0.25) is 0 Å². The molecule has 1 aliphatic rings. The number of carbonyl (C=O) groups excluding carboxylic acids is 2. The molecule has 1 saturated carbocycles. The Morgan fingerprint density at radius 3 is 2.50 bits per heavy atom. The number of rotatable bonds is 3. The van der Waals surface area contributed by atoms with Gasteiger partial charge in [0.05, 0.1) is 13.0 Å². The van der Waals surface area contributed by atoms with E-state index in [1.807, 2.05) is 36.4 Å². The van der Waals surface area contributed by atoms with Crippen LogP contribution in [0.4, 0.5) is 0 Å².